The first kappa shape index (κ1) is 16.9. The molecule has 3 atom stereocenters. The van der Waals surface area contributed by atoms with Crippen molar-refractivity contribution in [1.82, 2.24) is 10.2 Å². The molecule has 0 amide bonds. The number of hydrogen-bond acceptors (Lipinski definition) is 5. The summed E-state index contributed by atoms with van der Waals surface area (Å²) in [6, 6.07) is 0. The van der Waals surface area contributed by atoms with E-state index in [1.165, 1.54) is 32.4 Å². The second-order valence-electron chi connectivity index (χ2n) is 5.55. The number of rotatable bonds is 3. The fourth-order valence-electron chi connectivity index (χ4n) is 2.44. The molecule has 2 saturated heterocycles. The van der Waals surface area contributed by atoms with Crippen molar-refractivity contribution in [2.45, 2.75) is 57.3 Å². The Morgan fingerprint density at radius 3 is 1.95 bits per heavy atom. The number of likely N-dealkylation sites (tertiary alicyclic amines) is 1. The number of aliphatic hydroxyl groups is 3. The van der Waals surface area contributed by atoms with Crippen molar-refractivity contribution in [3.8, 4) is 0 Å². The summed E-state index contributed by atoms with van der Waals surface area (Å²) in [6.45, 7) is 6.43. The summed E-state index contributed by atoms with van der Waals surface area (Å²) in [5.74, 6) is 0. The Bertz CT molecular complexity index is 201. The van der Waals surface area contributed by atoms with Gasteiger partial charge in [-0.1, -0.05) is 19.8 Å². The molecule has 0 saturated carbocycles. The van der Waals surface area contributed by atoms with Crippen LogP contribution in [0.2, 0.25) is 0 Å². The molecule has 19 heavy (non-hydrogen) atoms. The van der Waals surface area contributed by atoms with Crippen LogP contribution in [0.4, 0.5) is 0 Å². The quantitative estimate of drug-likeness (QED) is 0.580. The summed E-state index contributed by atoms with van der Waals surface area (Å²) >= 11 is 0. The molecule has 0 aromatic heterocycles. The number of nitrogens with one attached hydrogen (secondary N) is 1. The van der Waals surface area contributed by atoms with Crippen LogP contribution in [0.5, 0.6) is 0 Å². The minimum Gasteiger partial charge on any atom is -0.389 e. The van der Waals surface area contributed by atoms with Gasteiger partial charge in [-0.2, -0.15) is 0 Å². The third-order valence-electron chi connectivity index (χ3n) is 3.71. The Labute approximate surface area is 116 Å². The normalized spacial score (nSPS) is 32.5. The maximum absolute atomic E-state index is 9.37. The molecule has 114 valence electrons. The lowest BCUT2D eigenvalue weighted by molar-refractivity contribution is -0.109. The number of unbranched alkanes of at least 4 members (excludes halogenated alkanes) is 1. The highest BCUT2D eigenvalue weighted by atomic mass is 16.4. The topological polar surface area (TPSA) is 76.0 Å². The monoisotopic (exact) mass is 274 g/mol. The van der Waals surface area contributed by atoms with E-state index in [0.29, 0.717) is 13.1 Å². The predicted molar refractivity (Wildman–Crippen MR) is 76.1 cm³/mol. The molecule has 0 aromatic rings. The summed E-state index contributed by atoms with van der Waals surface area (Å²) < 4.78 is 0. The van der Waals surface area contributed by atoms with E-state index in [1.54, 1.807) is 0 Å². The second kappa shape index (κ2) is 9.66. The van der Waals surface area contributed by atoms with Crippen molar-refractivity contribution < 1.29 is 15.3 Å². The predicted octanol–water partition coefficient (Wildman–Crippen LogP) is -0.0553. The van der Waals surface area contributed by atoms with Crippen molar-refractivity contribution in [3.63, 3.8) is 0 Å². The SMILES string of the molecule is C1CCNCC1.CCCCN1C[C@@H](O)C(O)[C@@H](O)C1. The van der Waals surface area contributed by atoms with Gasteiger partial charge in [0, 0.05) is 13.1 Å². The van der Waals surface area contributed by atoms with E-state index in [1.807, 2.05) is 4.90 Å². The van der Waals surface area contributed by atoms with Gasteiger partial charge in [-0.25, -0.2) is 0 Å². The molecule has 5 heteroatoms. The van der Waals surface area contributed by atoms with Gasteiger partial charge in [-0.3, -0.25) is 4.90 Å². The van der Waals surface area contributed by atoms with Crippen molar-refractivity contribution in [2.24, 2.45) is 0 Å². The lowest BCUT2D eigenvalue weighted by Crippen LogP contribution is -2.55. The number of hydrogen-bond donors (Lipinski definition) is 4. The van der Waals surface area contributed by atoms with E-state index in [4.69, 9.17) is 0 Å². The van der Waals surface area contributed by atoms with Crippen LogP contribution in [0, 0.1) is 0 Å². The second-order valence-corrected chi connectivity index (χ2v) is 5.55. The average Bonchev–Trinajstić information content (AvgIpc) is 2.45. The average molecular weight is 274 g/mol. The van der Waals surface area contributed by atoms with E-state index in [2.05, 4.69) is 12.2 Å². The molecule has 0 aliphatic carbocycles. The zero-order valence-corrected chi connectivity index (χ0v) is 12.1. The largest absolute Gasteiger partial charge is 0.389 e. The molecule has 1 unspecified atom stereocenters. The van der Waals surface area contributed by atoms with Crippen molar-refractivity contribution in [1.29, 1.82) is 0 Å². The molecule has 0 bridgehead atoms. The zero-order chi connectivity index (χ0) is 14.1. The third-order valence-corrected chi connectivity index (χ3v) is 3.71. The fraction of sp³-hybridized carbons (Fsp3) is 1.00. The number of piperidine rings is 2. The molecule has 0 radical (unpaired) electrons. The van der Waals surface area contributed by atoms with E-state index < -0.39 is 18.3 Å². The molecule has 0 spiro atoms. The minimum absolute atomic E-state index is 0.470. The van der Waals surface area contributed by atoms with Crippen LogP contribution >= 0.6 is 0 Å². The first-order valence-electron chi connectivity index (χ1n) is 7.62. The number of aliphatic hydroxyl groups excluding tert-OH is 3. The molecule has 2 aliphatic rings. The zero-order valence-electron chi connectivity index (χ0n) is 12.1. The highest BCUT2D eigenvalue weighted by Gasteiger charge is 2.32. The van der Waals surface area contributed by atoms with E-state index >= 15 is 0 Å². The van der Waals surface area contributed by atoms with Crippen LogP contribution in [-0.2, 0) is 0 Å². The molecular weight excluding hydrogens is 244 g/mol. The number of nitrogens with zero attached hydrogens (tertiary/aromatic N) is 1. The first-order valence-corrected chi connectivity index (χ1v) is 7.62. The van der Waals surface area contributed by atoms with E-state index in [9.17, 15) is 15.3 Å². The summed E-state index contributed by atoms with van der Waals surface area (Å²) in [7, 11) is 0. The van der Waals surface area contributed by atoms with Crippen LogP contribution in [-0.4, -0.2) is 71.3 Å². The van der Waals surface area contributed by atoms with Gasteiger partial charge in [-0.15, -0.1) is 0 Å². The van der Waals surface area contributed by atoms with Gasteiger partial charge in [0.25, 0.3) is 0 Å². The molecule has 2 aliphatic heterocycles. The first-order chi connectivity index (χ1) is 9.15. The van der Waals surface area contributed by atoms with E-state index in [-0.39, 0.29) is 0 Å². The highest BCUT2D eigenvalue weighted by Crippen LogP contribution is 2.12. The Kier molecular flexibility index (Phi) is 8.57. The van der Waals surface area contributed by atoms with Crippen molar-refractivity contribution in [2.75, 3.05) is 32.7 Å². The lowest BCUT2D eigenvalue weighted by atomic mass is 10.0. The van der Waals surface area contributed by atoms with Gasteiger partial charge in [0.05, 0.1) is 12.2 Å². The van der Waals surface area contributed by atoms with Crippen LogP contribution in [0.25, 0.3) is 0 Å². The van der Waals surface area contributed by atoms with Crippen LogP contribution in [0.15, 0.2) is 0 Å². The van der Waals surface area contributed by atoms with Gasteiger partial charge in [-0.05, 0) is 38.9 Å². The van der Waals surface area contributed by atoms with Crippen LogP contribution in [0.3, 0.4) is 0 Å². The fourth-order valence-corrected chi connectivity index (χ4v) is 2.44. The summed E-state index contributed by atoms with van der Waals surface area (Å²) in [6.07, 6.45) is 3.80. The van der Waals surface area contributed by atoms with Gasteiger partial charge in [0.1, 0.15) is 6.10 Å². The lowest BCUT2D eigenvalue weighted by Gasteiger charge is -2.36. The van der Waals surface area contributed by atoms with E-state index in [0.717, 1.165) is 19.4 Å². The smallest absolute Gasteiger partial charge is 0.108 e. The Hall–Kier alpha value is -0.200. The Balaban J connectivity index is 0.000000250. The molecule has 4 N–H and O–H groups in total. The molecule has 2 heterocycles. The summed E-state index contributed by atoms with van der Waals surface area (Å²) in [5.41, 5.74) is 0. The Morgan fingerprint density at radius 1 is 1.00 bits per heavy atom. The number of β-amino-alcohol motifs (C(OH)–C–C–N with tert-alkyl or cyclic N) is 2. The molecule has 0 aromatic carbocycles. The van der Waals surface area contributed by atoms with Gasteiger partial charge >= 0.3 is 0 Å². The van der Waals surface area contributed by atoms with Crippen LogP contribution < -0.4 is 5.32 Å². The van der Waals surface area contributed by atoms with Gasteiger partial charge < -0.3 is 20.6 Å². The van der Waals surface area contributed by atoms with Gasteiger partial charge in [0.15, 0.2) is 0 Å². The summed E-state index contributed by atoms with van der Waals surface area (Å²) in [5, 5.41) is 31.3. The van der Waals surface area contributed by atoms with Crippen molar-refractivity contribution in [3.05, 3.63) is 0 Å². The Morgan fingerprint density at radius 2 is 1.58 bits per heavy atom. The molecule has 2 rings (SSSR count). The third kappa shape index (κ3) is 6.68. The maximum Gasteiger partial charge on any atom is 0.108 e. The molecule has 2 fully saturated rings. The van der Waals surface area contributed by atoms with Gasteiger partial charge in [0.2, 0.25) is 0 Å². The standard InChI is InChI=1S/C9H19NO3.C5H11N/c1-2-3-4-10-5-7(11)9(13)8(12)6-10;1-2-4-6-5-3-1/h7-9,11-13H,2-6H2,1H3;6H,1-5H2/t7-,8+,9?;. The highest BCUT2D eigenvalue weighted by molar-refractivity contribution is 4.86. The molecule has 5 nitrogen and oxygen atoms in total. The van der Waals surface area contributed by atoms with Crippen molar-refractivity contribution >= 4 is 0 Å². The summed E-state index contributed by atoms with van der Waals surface area (Å²) in [4.78, 5) is 1.99. The molecular formula is C14H30N2O3. The maximum atomic E-state index is 9.37. The van der Waals surface area contributed by atoms with Crippen LogP contribution in [0.1, 0.15) is 39.0 Å². The minimum atomic E-state index is -0.974.